The van der Waals surface area contributed by atoms with Gasteiger partial charge in [0.1, 0.15) is 0 Å². The Morgan fingerprint density at radius 3 is 2.86 bits per heavy atom. The van der Waals surface area contributed by atoms with Crippen molar-refractivity contribution in [2.75, 3.05) is 0 Å². The lowest BCUT2D eigenvalue weighted by molar-refractivity contribution is -0.575. The van der Waals surface area contributed by atoms with E-state index >= 15 is 0 Å². The Hall–Kier alpha value is -1.61. The largest absolute Gasteiger partial charge is 0.618 e. The number of fused-ring (bicyclic) bond motifs is 3. The van der Waals surface area contributed by atoms with Crippen molar-refractivity contribution in [2.24, 2.45) is 0 Å². The van der Waals surface area contributed by atoms with Gasteiger partial charge in [0.25, 0.3) is 0 Å². The highest BCUT2D eigenvalue weighted by molar-refractivity contribution is 7.09. The van der Waals surface area contributed by atoms with Crippen LogP contribution in [0.4, 0.5) is 0 Å². The first-order valence-electron chi connectivity index (χ1n) is 4.33. The number of hydrogen-bond acceptors (Lipinski definition) is 2. The lowest BCUT2D eigenvalue weighted by Gasteiger charge is -2.01. The van der Waals surface area contributed by atoms with E-state index in [1.165, 1.54) is 0 Å². The van der Waals surface area contributed by atoms with Crippen LogP contribution in [0.25, 0.3) is 21.7 Å². The predicted molar refractivity (Wildman–Crippen MR) is 58.3 cm³/mol. The molecule has 14 heavy (non-hydrogen) atoms. The fourth-order valence-corrected chi connectivity index (χ4v) is 2.52. The van der Waals surface area contributed by atoms with Gasteiger partial charge in [-0.2, -0.15) is 4.73 Å². The third-order valence-corrected chi connectivity index (χ3v) is 3.12. The molecule has 1 aromatic carbocycles. The molecule has 0 spiro atoms. The average molecular weight is 201 g/mol. The van der Waals surface area contributed by atoms with Crippen molar-refractivity contribution in [1.29, 1.82) is 0 Å². The van der Waals surface area contributed by atoms with Gasteiger partial charge in [0, 0.05) is 16.2 Å². The predicted octanol–water partition coefficient (Wildman–Crippen LogP) is 2.69. The highest BCUT2D eigenvalue weighted by Crippen LogP contribution is 2.24. The molecule has 0 aliphatic heterocycles. The molecule has 0 aliphatic rings. The van der Waals surface area contributed by atoms with Gasteiger partial charge in [0.05, 0.1) is 10.8 Å². The van der Waals surface area contributed by atoms with Gasteiger partial charge in [0.15, 0.2) is 6.20 Å². The van der Waals surface area contributed by atoms with E-state index in [4.69, 9.17) is 0 Å². The smallest absolute Gasteiger partial charge is 0.235 e. The van der Waals surface area contributed by atoms with Gasteiger partial charge in [-0.3, -0.25) is 0 Å². The van der Waals surface area contributed by atoms with E-state index in [0.717, 1.165) is 26.4 Å². The summed E-state index contributed by atoms with van der Waals surface area (Å²) in [6.07, 6.45) is 1.63. The molecule has 0 aliphatic carbocycles. The zero-order valence-corrected chi connectivity index (χ0v) is 8.12. The molecular formula is C11H7NOS. The van der Waals surface area contributed by atoms with E-state index in [0.29, 0.717) is 0 Å². The van der Waals surface area contributed by atoms with Gasteiger partial charge < -0.3 is 5.21 Å². The third kappa shape index (κ3) is 0.930. The molecule has 0 N–H and O–H groups in total. The maximum absolute atomic E-state index is 11.6. The summed E-state index contributed by atoms with van der Waals surface area (Å²) in [5, 5.41) is 18.7. The molecule has 0 unspecified atom stereocenters. The highest BCUT2D eigenvalue weighted by Gasteiger charge is 2.08. The van der Waals surface area contributed by atoms with E-state index < -0.39 is 0 Å². The number of aromatic nitrogens is 1. The molecule has 3 aromatic rings. The van der Waals surface area contributed by atoms with Crippen LogP contribution in [-0.2, 0) is 0 Å². The normalized spacial score (nSPS) is 11.1. The molecule has 0 bridgehead atoms. The molecule has 2 heterocycles. The Morgan fingerprint density at radius 1 is 1.07 bits per heavy atom. The van der Waals surface area contributed by atoms with Gasteiger partial charge in [-0.25, -0.2) is 0 Å². The van der Waals surface area contributed by atoms with Crippen LogP contribution in [0.15, 0.2) is 41.2 Å². The second kappa shape index (κ2) is 2.69. The van der Waals surface area contributed by atoms with Gasteiger partial charge >= 0.3 is 0 Å². The van der Waals surface area contributed by atoms with Crippen LogP contribution in [0, 0.1) is 5.21 Å². The zero-order valence-electron chi connectivity index (χ0n) is 7.31. The second-order valence-electron chi connectivity index (χ2n) is 3.21. The monoisotopic (exact) mass is 201 g/mol. The van der Waals surface area contributed by atoms with Crippen LogP contribution in [-0.4, -0.2) is 0 Å². The number of benzene rings is 1. The molecule has 0 atom stereocenters. The lowest BCUT2D eigenvalue weighted by atomic mass is 10.1. The molecule has 2 aromatic heterocycles. The summed E-state index contributed by atoms with van der Waals surface area (Å²) in [4.78, 5) is 0. The van der Waals surface area contributed by atoms with E-state index in [1.54, 1.807) is 17.5 Å². The molecule has 0 amide bonds. The summed E-state index contributed by atoms with van der Waals surface area (Å²) in [6, 6.07) is 7.94. The molecule has 68 valence electrons. The Morgan fingerprint density at radius 2 is 1.93 bits per heavy atom. The van der Waals surface area contributed by atoms with Crippen LogP contribution in [0.1, 0.15) is 0 Å². The van der Waals surface area contributed by atoms with E-state index in [1.807, 2.05) is 35.0 Å². The standard InChI is InChI=1S/C11H7NOS/c13-12-5-8-3-1-2-4-9(8)10-6-14-7-11(10)12/h1-7H. The van der Waals surface area contributed by atoms with Crippen LogP contribution < -0.4 is 4.73 Å². The van der Waals surface area contributed by atoms with Gasteiger partial charge in [0.2, 0.25) is 5.52 Å². The van der Waals surface area contributed by atoms with Crippen molar-refractivity contribution >= 4 is 33.0 Å². The summed E-state index contributed by atoms with van der Waals surface area (Å²) >= 11 is 1.56. The maximum Gasteiger partial charge on any atom is 0.235 e. The Balaban J connectivity index is 2.66. The van der Waals surface area contributed by atoms with E-state index in [9.17, 15) is 5.21 Å². The molecule has 0 saturated carbocycles. The number of rotatable bonds is 0. The van der Waals surface area contributed by atoms with Crippen molar-refractivity contribution in [1.82, 2.24) is 0 Å². The number of hydrogen-bond donors (Lipinski definition) is 0. The topological polar surface area (TPSA) is 26.9 Å². The summed E-state index contributed by atoms with van der Waals surface area (Å²) < 4.78 is 0.939. The first-order valence-corrected chi connectivity index (χ1v) is 5.27. The second-order valence-corrected chi connectivity index (χ2v) is 3.96. The number of thiophene rings is 1. The Kier molecular flexibility index (Phi) is 1.49. The molecular weight excluding hydrogens is 194 g/mol. The molecule has 0 saturated heterocycles. The van der Waals surface area contributed by atoms with Gasteiger partial charge in [-0.1, -0.05) is 18.2 Å². The summed E-state index contributed by atoms with van der Waals surface area (Å²) in [7, 11) is 0. The molecule has 3 heteroatoms. The van der Waals surface area contributed by atoms with Crippen molar-refractivity contribution in [2.45, 2.75) is 0 Å². The zero-order chi connectivity index (χ0) is 9.54. The number of pyridine rings is 1. The summed E-state index contributed by atoms with van der Waals surface area (Å²) in [5.74, 6) is 0. The SMILES string of the molecule is [O-][n+]1cc2ccccc2c2cscc21. The first-order chi connectivity index (χ1) is 6.86. The van der Waals surface area contributed by atoms with Crippen LogP contribution in [0.5, 0.6) is 0 Å². The summed E-state index contributed by atoms with van der Waals surface area (Å²) in [6.45, 7) is 0. The molecule has 0 fully saturated rings. The lowest BCUT2D eigenvalue weighted by Crippen LogP contribution is -2.25. The molecule has 0 radical (unpaired) electrons. The minimum Gasteiger partial charge on any atom is -0.618 e. The van der Waals surface area contributed by atoms with Crippen LogP contribution in [0.3, 0.4) is 0 Å². The van der Waals surface area contributed by atoms with Crippen molar-refractivity contribution in [3.05, 3.63) is 46.4 Å². The first kappa shape index (κ1) is 7.76. The van der Waals surface area contributed by atoms with Gasteiger partial charge in [-0.05, 0) is 6.07 Å². The Labute approximate surface area is 84.6 Å². The molecule has 3 rings (SSSR count). The van der Waals surface area contributed by atoms with Crippen LogP contribution in [0.2, 0.25) is 0 Å². The van der Waals surface area contributed by atoms with Crippen molar-refractivity contribution in [3.8, 4) is 0 Å². The number of nitrogens with zero attached hydrogens (tertiary/aromatic N) is 1. The van der Waals surface area contributed by atoms with Crippen molar-refractivity contribution in [3.63, 3.8) is 0 Å². The van der Waals surface area contributed by atoms with E-state index in [2.05, 4.69) is 0 Å². The molecule has 2 nitrogen and oxygen atoms in total. The quantitative estimate of drug-likeness (QED) is 0.406. The maximum atomic E-state index is 11.6. The fraction of sp³-hybridized carbons (Fsp3) is 0. The summed E-state index contributed by atoms with van der Waals surface area (Å²) in [5.41, 5.74) is 0.758. The highest BCUT2D eigenvalue weighted by atomic mass is 32.1. The minimum atomic E-state index is 0.758. The van der Waals surface area contributed by atoms with Crippen LogP contribution >= 0.6 is 11.3 Å². The average Bonchev–Trinajstić information content (AvgIpc) is 2.67. The Bertz CT molecular complexity index is 615. The van der Waals surface area contributed by atoms with Gasteiger partial charge in [-0.15, -0.1) is 11.3 Å². The fourth-order valence-electron chi connectivity index (χ4n) is 1.71. The minimum absolute atomic E-state index is 0.758. The van der Waals surface area contributed by atoms with E-state index in [-0.39, 0.29) is 0 Å². The third-order valence-electron chi connectivity index (χ3n) is 2.39. The van der Waals surface area contributed by atoms with Crippen molar-refractivity contribution < 1.29 is 4.73 Å².